The number of halogens is 4. The third-order valence-corrected chi connectivity index (χ3v) is 9.71. The first-order chi connectivity index (χ1) is 21.8. The smallest absolute Gasteiger partial charge is 0.422 e. The average molecular weight is 684 g/mol. The highest BCUT2D eigenvalue weighted by Gasteiger charge is 2.46. The Kier molecular flexibility index (Phi) is 10.1. The Balaban J connectivity index is 1.16. The van der Waals surface area contributed by atoms with Crippen LogP contribution in [-0.2, 0) is 14.8 Å². The number of alkyl halides is 3. The molecule has 2 fully saturated rings. The van der Waals surface area contributed by atoms with Crippen LogP contribution in [0.3, 0.4) is 0 Å². The van der Waals surface area contributed by atoms with Crippen molar-refractivity contribution < 1.29 is 35.9 Å². The normalized spacial score (nSPS) is 17.3. The van der Waals surface area contributed by atoms with Gasteiger partial charge in [0.05, 0.1) is 10.8 Å². The first-order valence-electron chi connectivity index (χ1n) is 14.8. The number of nitrogens with zero attached hydrogens (tertiary/aromatic N) is 3. The lowest BCUT2D eigenvalue weighted by molar-refractivity contribution is -0.154. The highest BCUT2D eigenvalue weighted by Crippen LogP contribution is 2.48. The van der Waals surface area contributed by atoms with Crippen molar-refractivity contribution in [3.63, 3.8) is 0 Å². The monoisotopic (exact) mass is 683 g/mol. The number of ether oxygens (including phenoxy) is 1. The minimum atomic E-state index is -4.59. The third kappa shape index (κ3) is 9.55. The summed E-state index contributed by atoms with van der Waals surface area (Å²) in [5.41, 5.74) is 1.48. The molecule has 0 atom stereocenters. The molecule has 2 aromatic rings. The SMILES string of the molecule is O=C(CCCCNC(=O)c1ccc(Nc2nc(NC3(C4=CC=C(Cl)CC4)CC3)nc(OCC(F)(F)F)n2)cc1)NS(=O)(=O)C1CC1. The third-order valence-electron chi connectivity index (χ3n) is 7.53. The quantitative estimate of drug-likeness (QED) is 0.191. The van der Waals surface area contributed by atoms with Crippen molar-refractivity contribution in [2.24, 2.45) is 0 Å². The molecule has 1 aromatic carbocycles. The molecule has 17 heteroatoms. The summed E-state index contributed by atoms with van der Waals surface area (Å²) in [5.74, 6) is -0.925. The fraction of sp³-hybridized carbons (Fsp3) is 0.483. The van der Waals surface area contributed by atoms with E-state index >= 15 is 0 Å². The lowest BCUT2D eigenvalue weighted by Gasteiger charge is -2.23. The van der Waals surface area contributed by atoms with Crippen LogP contribution in [0.5, 0.6) is 6.01 Å². The number of carbonyl (C=O) groups is 2. The maximum atomic E-state index is 12.9. The molecule has 0 bridgehead atoms. The molecule has 1 heterocycles. The summed E-state index contributed by atoms with van der Waals surface area (Å²) in [4.78, 5) is 36.8. The van der Waals surface area contributed by atoms with E-state index in [4.69, 9.17) is 16.3 Å². The van der Waals surface area contributed by atoms with Gasteiger partial charge in [-0.05, 0) is 87.3 Å². The van der Waals surface area contributed by atoms with Crippen LogP contribution in [0.15, 0.2) is 47.0 Å². The molecule has 1 aromatic heterocycles. The number of aromatic nitrogens is 3. The summed E-state index contributed by atoms with van der Waals surface area (Å²) >= 11 is 6.09. The lowest BCUT2D eigenvalue weighted by Crippen LogP contribution is -2.33. The van der Waals surface area contributed by atoms with Crippen molar-refractivity contribution in [3.8, 4) is 6.01 Å². The van der Waals surface area contributed by atoms with Crippen LogP contribution in [0.4, 0.5) is 30.8 Å². The van der Waals surface area contributed by atoms with E-state index in [9.17, 15) is 31.2 Å². The number of amides is 2. The van der Waals surface area contributed by atoms with Gasteiger partial charge < -0.3 is 20.7 Å². The summed E-state index contributed by atoms with van der Waals surface area (Å²) < 4.78 is 69.1. The van der Waals surface area contributed by atoms with Gasteiger partial charge in [0.1, 0.15) is 0 Å². The molecule has 3 aliphatic carbocycles. The van der Waals surface area contributed by atoms with Crippen LogP contribution >= 0.6 is 11.6 Å². The second-order valence-electron chi connectivity index (χ2n) is 11.4. The van der Waals surface area contributed by atoms with Gasteiger partial charge in [0, 0.05) is 29.2 Å². The van der Waals surface area contributed by atoms with Crippen molar-refractivity contribution in [3.05, 3.63) is 52.6 Å². The number of benzene rings is 1. The molecular formula is C29H33ClF3N7O5S. The second kappa shape index (κ2) is 13.8. The van der Waals surface area contributed by atoms with Crippen LogP contribution in [0.1, 0.15) is 68.1 Å². The van der Waals surface area contributed by atoms with E-state index in [1.54, 1.807) is 24.3 Å². The van der Waals surface area contributed by atoms with E-state index in [1.807, 2.05) is 12.2 Å². The van der Waals surface area contributed by atoms with Gasteiger partial charge in [-0.25, -0.2) is 8.42 Å². The van der Waals surface area contributed by atoms with Crippen molar-refractivity contribution in [2.45, 2.75) is 74.8 Å². The molecule has 0 saturated heterocycles. The summed E-state index contributed by atoms with van der Waals surface area (Å²) in [6.45, 7) is -1.29. The minimum absolute atomic E-state index is 0.0323. The molecule has 0 radical (unpaired) electrons. The molecule has 0 spiro atoms. The Hall–Kier alpha value is -3.92. The van der Waals surface area contributed by atoms with Crippen LogP contribution < -0.4 is 25.4 Å². The maximum absolute atomic E-state index is 12.9. The molecule has 248 valence electrons. The number of hydrogen-bond donors (Lipinski definition) is 4. The van der Waals surface area contributed by atoms with E-state index in [0.29, 0.717) is 43.4 Å². The van der Waals surface area contributed by atoms with Crippen molar-refractivity contribution in [1.29, 1.82) is 0 Å². The van der Waals surface area contributed by atoms with Gasteiger partial charge in [-0.15, -0.1) is 0 Å². The number of unbranched alkanes of at least 4 members (excludes halogenated alkanes) is 1. The first kappa shape index (κ1) is 33.4. The van der Waals surface area contributed by atoms with Gasteiger partial charge in [0.15, 0.2) is 6.61 Å². The number of hydrogen-bond acceptors (Lipinski definition) is 10. The molecule has 5 rings (SSSR count). The molecule has 2 amide bonds. The van der Waals surface area contributed by atoms with E-state index in [1.165, 1.54) is 0 Å². The number of rotatable bonds is 15. The molecule has 12 nitrogen and oxygen atoms in total. The molecule has 46 heavy (non-hydrogen) atoms. The number of nitrogens with one attached hydrogen (secondary N) is 4. The van der Waals surface area contributed by atoms with Gasteiger partial charge in [0.2, 0.25) is 27.8 Å². The fourth-order valence-corrected chi connectivity index (χ4v) is 6.28. The van der Waals surface area contributed by atoms with Crippen molar-refractivity contribution >= 4 is 51.0 Å². The Morgan fingerprint density at radius 1 is 1.00 bits per heavy atom. The largest absolute Gasteiger partial charge is 0.454 e. The zero-order valence-electron chi connectivity index (χ0n) is 24.6. The number of sulfonamides is 1. The maximum Gasteiger partial charge on any atom is 0.422 e. The second-order valence-corrected chi connectivity index (χ2v) is 13.8. The van der Waals surface area contributed by atoms with Gasteiger partial charge in [0.25, 0.3) is 5.91 Å². The topological polar surface area (TPSA) is 164 Å². The van der Waals surface area contributed by atoms with E-state index in [-0.39, 0.29) is 30.8 Å². The summed E-state index contributed by atoms with van der Waals surface area (Å²) in [6, 6.07) is 5.74. The number of anilines is 3. The minimum Gasteiger partial charge on any atom is -0.454 e. The summed E-state index contributed by atoms with van der Waals surface area (Å²) in [7, 11) is -3.57. The zero-order valence-corrected chi connectivity index (χ0v) is 26.2. The average Bonchev–Trinajstić information content (AvgIpc) is 3.92. The fourth-order valence-electron chi connectivity index (χ4n) is 4.78. The zero-order chi connectivity index (χ0) is 33.0. The van der Waals surface area contributed by atoms with Crippen LogP contribution in [-0.4, -0.2) is 65.3 Å². The summed E-state index contributed by atoms with van der Waals surface area (Å²) in [6.07, 6.45) is 4.24. The van der Waals surface area contributed by atoms with Crippen molar-refractivity contribution in [2.75, 3.05) is 23.8 Å². The van der Waals surface area contributed by atoms with Crippen LogP contribution in [0, 0.1) is 0 Å². The summed E-state index contributed by atoms with van der Waals surface area (Å²) in [5, 5.41) is 9.19. The molecule has 4 N–H and O–H groups in total. The van der Waals surface area contributed by atoms with E-state index < -0.39 is 45.5 Å². The number of allylic oxidation sites excluding steroid dienone is 3. The Morgan fingerprint density at radius 2 is 1.72 bits per heavy atom. The van der Waals surface area contributed by atoms with E-state index in [2.05, 4.69) is 35.6 Å². The predicted octanol–water partition coefficient (Wildman–Crippen LogP) is 4.85. The first-order valence-corrected chi connectivity index (χ1v) is 16.7. The van der Waals surface area contributed by atoms with E-state index in [0.717, 1.165) is 29.9 Å². The molecule has 2 saturated carbocycles. The van der Waals surface area contributed by atoms with Crippen LogP contribution in [0.2, 0.25) is 0 Å². The van der Waals surface area contributed by atoms with Gasteiger partial charge in [-0.3, -0.25) is 14.3 Å². The Labute approximate surface area is 268 Å². The molecule has 3 aliphatic rings. The highest BCUT2D eigenvalue weighted by molar-refractivity contribution is 7.90. The van der Waals surface area contributed by atoms with Crippen molar-refractivity contribution in [1.82, 2.24) is 25.0 Å². The molecule has 0 aliphatic heterocycles. The molecular weight excluding hydrogens is 651 g/mol. The lowest BCUT2D eigenvalue weighted by atomic mass is 9.96. The Morgan fingerprint density at radius 3 is 2.35 bits per heavy atom. The Bertz CT molecular complexity index is 1630. The van der Waals surface area contributed by atoms with Gasteiger partial charge in [-0.1, -0.05) is 17.7 Å². The molecule has 0 unspecified atom stereocenters. The predicted molar refractivity (Wildman–Crippen MR) is 164 cm³/mol. The highest BCUT2D eigenvalue weighted by atomic mass is 35.5. The van der Waals surface area contributed by atoms with Gasteiger partial charge in [-0.2, -0.15) is 28.1 Å². The number of carbonyl (C=O) groups excluding carboxylic acids is 2. The van der Waals surface area contributed by atoms with Gasteiger partial charge >= 0.3 is 12.2 Å². The van der Waals surface area contributed by atoms with Crippen LogP contribution in [0.25, 0.3) is 0 Å². The standard InChI is InChI=1S/C29H33ClF3N7O5S/c30-20-8-6-19(7-9-20)28(14-15-28)39-26-36-25(37-27(38-26)45-17-29(31,32)33)35-21-10-4-18(5-11-21)24(42)34-16-2-1-3-23(41)40-46(43,44)22-12-13-22/h4-6,8,10-11,22H,1-3,7,9,12-17H2,(H,34,42)(H,40,41)(H2,35,36,37,38,39).